The fraction of sp³-hybridized carbons (Fsp3) is 0.190. The van der Waals surface area contributed by atoms with E-state index in [9.17, 15) is 18.0 Å². The standard InChI is InChI=1S/C21H21BrN4O6S2/c1-31-16-9-5-6-10-17(16)32-15-8-4-3-7-13(15)24-18(27)11-19(28)26-21-25-14(20(22)33-21)12-23-34(2,29)30/h3-10,23H,11-12H2,1-2H3,(H,24,27)(H,25,26,28). The minimum absolute atomic E-state index is 0.0325. The Kier molecular flexibility index (Phi) is 8.61. The highest BCUT2D eigenvalue weighted by Gasteiger charge is 2.17. The Morgan fingerprint density at radius 2 is 1.62 bits per heavy atom. The number of sulfonamides is 1. The molecule has 0 atom stereocenters. The molecule has 34 heavy (non-hydrogen) atoms. The van der Waals surface area contributed by atoms with E-state index in [0.29, 0.717) is 32.4 Å². The van der Waals surface area contributed by atoms with Gasteiger partial charge in [0.25, 0.3) is 0 Å². The number of amides is 2. The van der Waals surface area contributed by atoms with Crippen molar-refractivity contribution in [2.45, 2.75) is 13.0 Å². The molecule has 2 amide bonds. The number of carbonyl (C=O) groups is 2. The normalized spacial score (nSPS) is 11.0. The van der Waals surface area contributed by atoms with Gasteiger partial charge in [0.05, 0.1) is 35.1 Å². The highest BCUT2D eigenvalue weighted by atomic mass is 79.9. The van der Waals surface area contributed by atoms with Gasteiger partial charge < -0.3 is 20.1 Å². The number of benzene rings is 2. The third kappa shape index (κ3) is 7.52. The van der Waals surface area contributed by atoms with Crippen LogP contribution < -0.4 is 24.8 Å². The highest BCUT2D eigenvalue weighted by Crippen LogP contribution is 2.35. The number of rotatable bonds is 10. The first-order chi connectivity index (χ1) is 16.1. The van der Waals surface area contributed by atoms with E-state index in [1.54, 1.807) is 42.5 Å². The molecule has 1 heterocycles. The van der Waals surface area contributed by atoms with E-state index < -0.39 is 28.3 Å². The minimum atomic E-state index is -3.39. The molecule has 0 saturated carbocycles. The lowest BCUT2D eigenvalue weighted by molar-refractivity contribution is -0.123. The number of thiazole rings is 1. The van der Waals surface area contributed by atoms with Crippen LogP contribution in [0.4, 0.5) is 10.8 Å². The molecule has 1 aromatic heterocycles. The lowest BCUT2D eigenvalue weighted by atomic mass is 10.2. The largest absolute Gasteiger partial charge is 0.493 e. The second kappa shape index (κ2) is 11.4. The van der Waals surface area contributed by atoms with Gasteiger partial charge in [-0.3, -0.25) is 9.59 Å². The fourth-order valence-corrected chi connectivity index (χ4v) is 4.49. The van der Waals surface area contributed by atoms with Crippen LogP contribution in [0.15, 0.2) is 52.3 Å². The van der Waals surface area contributed by atoms with E-state index in [-0.39, 0.29) is 11.7 Å². The second-order valence-corrected chi connectivity index (χ2v) is 11.0. The molecule has 2 aromatic carbocycles. The quantitative estimate of drug-likeness (QED) is 0.317. The number of nitrogens with zero attached hydrogens (tertiary/aromatic N) is 1. The predicted molar refractivity (Wildman–Crippen MR) is 133 cm³/mol. The average molecular weight is 569 g/mol. The minimum Gasteiger partial charge on any atom is -0.493 e. The molecule has 3 rings (SSSR count). The molecule has 0 aliphatic rings. The first kappa shape index (κ1) is 25.6. The molecular formula is C21H21BrN4O6S2. The zero-order valence-electron chi connectivity index (χ0n) is 18.1. The van der Waals surface area contributed by atoms with Gasteiger partial charge in [-0.15, -0.1) is 0 Å². The third-order valence-electron chi connectivity index (χ3n) is 4.17. The molecule has 3 N–H and O–H groups in total. The van der Waals surface area contributed by atoms with Crippen LogP contribution in [0, 0.1) is 0 Å². The van der Waals surface area contributed by atoms with Crippen molar-refractivity contribution >= 4 is 59.9 Å². The van der Waals surface area contributed by atoms with Crippen LogP contribution in [-0.2, 0) is 26.2 Å². The molecule has 0 aliphatic heterocycles. The van der Waals surface area contributed by atoms with Crippen LogP contribution in [0.5, 0.6) is 17.2 Å². The summed E-state index contributed by atoms with van der Waals surface area (Å²) >= 11 is 4.39. The number of ether oxygens (including phenoxy) is 2. The summed E-state index contributed by atoms with van der Waals surface area (Å²) < 4.78 is 36.6. The number of anilines is 2. The van der Waals surface area contributed by atoms with E-state index in [4.69, 9.17) is 9.47 Å². The Morgan fingerprint density at radius 1 is 1.00 bits per heavy atom. The van der Waals surface area contributed by atoms with Crippen molar-refractivity contribution in [2.75, 3.05) is 24.0 Å². The van der Waals surface area contributed by atoms with Crippen molar-refractivity contribution in [1.82, 2.24) is 9.71 Å². The molecular weight excluding hydrogens is 548 g/mol. The Bertz CT molecular complexity index is 1300. The lowest BCUT2D eigenvalue weighted by Gasteiger charge is -2.14. The SMILES string of the molecule is COc1ccccc1Oc1ccccc1NC(=O)CC(=O)Nc1nc(CNS(C)(=O)=O)c(Br)s1. The third-order valence-corrected chi connectivity index (χ3v) is 6.58. The lowest BCUT2D eigenvalue weighted by Crippen LogP contribution is -2.22. The van der Waals surface area contributed by atoms with Gasteiger partial charge in [0.1, 0.15) is 6.42 Å². The number of carbonyl (C=O) groups excluding carboxylic acids is 2. The molecule has 180 valence electrons. The first-order valence-electron chi connectivity index (χ1n) is 9.74. The zero-order valence-corrected chi connectivity index (χ0v) is 21.3. The van der Waals surface area contributed by atoms with Gasteiger partial charge in [-0.05, 0) is 40.2 Å². The predicted octanol–water partition coefficient (Wildman–Crippen LogP) is 3.72. The Labute approximate surface area is 208 Å². The topological polar surface area (TPSA) is 136 Å². The zero-order chi connectivity index (χ0) is 24.7. The summed E-state index contributed by atoms with van der Waals surface area (Å²) in [5.74, 6) is 0.254. The van der Waals surface area contributed by atoms with Crippen LogP contribution >= 0.6 is 27.3 Å². The maximum absolute atomic E-state index is 12.5. The van der Waals surface area contributed by atoms with E-state index >= 15 is 0 Å². The van der Waals surface area contributed by atoms with Crippen LogP contribution in [0.3, 0.4) is 0 Å². The van der Waals surface area contributed by atoms with Gasteiger partial charge in [0, 0.05) is 0 Å². The smallest absolute Gasteiger partial charge is 0.235 e. The van der Waals surface area contributed by atoms with Crippen molar-refractivity contribution in [3.8, 4) is 17.2 Å². The summed E-state index contributed by atoms with van der Waals surface area (Å²) in [6, 6.07) is 13.9. The van der Waals surface area contributed by atoms with Crippen LogP contribution in [0.2, 0.25) is 0 Å². The molecule has 0 aliphatic carbocycles. The van der Waals surface area contributed by atoms with Gasteiger partial charge in [0.2, 0.25) is 21.8 Å². The number of nitrogens with one attached hydrogen (secondary N) is 3. The van der Waals surface area contributed by atoms with Gasteiger partial charge in [-0.2, -0.15) is 0 Å². The molecule has 0 unspecified atom stereocenters. The van der Waals surface area contributed by atoms with Crippen molar-refractivity contribution in [3.63, 3.8) is 0 Å². The Balaban J connectivity index is 1.61. The highest BCUT2D eigenvalue weighted by molar-refractivity contribution is 9.11. The number of halogens is 1. The average Bonchev–Trinajstić information content (AvgIpc) is 3.12. The second-order valence-electron chi connectivity index (χ2n) is 6.85. The van der Waals surface area contributed by atoms with Crippen molar-refractivity contribution < 1.29 is 27.5 Å². The van der Waals surface area contributed by atoms with E-state index in [2.05, 4.69) is 36.3 Å². The molecule has 3 aromatic rings. The number of methoxy groups -OCH3 is 1. The summed E-state index contributed by atoms with van der Waals surface area (Å²) in [6.07, 6.45) is 0.575. The number of aromatic nitrogens is 1. The Morgan fingerprint density at radius 3 is 2.29 bits per heavy atom. The molecule has 10 nitrogen and oxygen atoms in total. The molecule has 0 radical (unpaired) electrons. The molecule has 0 bridgehead atoms. The molecule has 0 fully saturated rings. The molecule has 0 saturated heterocycles. The number of para-hydroxylation sites is 4. The van der Waals surface area contributed by atoms with Crippen molar-refractivity contribution in [1.29, 1.82) is 0 Å². The van der Waals surface area contributed by atoms with Gasteiger partial charge in [-0.1, -0.05) is 35.6 Å². The summed E-state index contributed by atoms with van der Waals surface area (Å²) in [6.45, 7) is -0.0325. The fourth-order valence-electron chi connectivity index (χ4n) is 2.68. The maximum atomic E-state index is 12.5. The Hall–Kier alpha value is -3.00. The van der Waals surface area contributed by atoms with Gasteiger partial charge in [0.15, 0.2) is 22.4 Å². The monoisotopic (exact) mass is 568 g/mol. The first-order valence-corrected chi connectivity index (χ1v) is 13.2. The molecule has 0 spiro atoms. The van der Waals surface area contributed by atoms with E-state index in [1.165, 1.54) is 7.11 Å². The number of hydrogen-bond acceptors (Lipinski definition) is 8. The van der Waals surface area contributed by atoms with Crippen molar-refractivity contribution in [3.05, 3.63) is 58.0 Å². The van der Waals surface area contributed by atoms with Crippen molar-refractivity contribution in [2.24, 2.45) is 0 Å². The maximum Gasteiger partial charge on any atom is 0.235 e. The van der Waals surface area contributed by atoms with E-state index in [1.807, 2.05) is 6.07 Å². The van der Waals surface area contributed by atoms with Crippen LogP contribution in [0.1, 0.15) is 12.1 Å². The summed E-state index contributed by atoms with van der Waals surface area (Å²) in [7, 11) is -1.86. The molecule has 13 heteroatoms. The summed E-state index contributed by atoms with van der Waals surface area (Å²) in [5.41, 5.74) is 0.801. The summed E-state index contributed by atoms with van der Waals surface area (Å²) in [4.78, 5) is 29.0. The summed E-state index contributed by atoms with van der Waals surface area (Å²) in [5, 5.41) is 5.44. The van der Waals surface area contributed by atoms with Gasteiger partial charge >= 0.3 is 0 Å². The number of hydrogen-bond donors (Lipinski definition) is 3. The van der Waals surface area contributed by atoms with Crippen LogP contribution in [0.25, 0.3) is 0 Å². The van der Waals surface area contributed by atoms with Crippen LogP contribution in [-0.4, -0.2) is 38.6 Å². The van der Waals surface area contributed by atoms with Gasteiger partial charge in [-0.25, -0.2) is 18.1 Å². The van der Waals surface area contributed by atoms with E-state index in [0.717, 1.165) is 17.6 Å².